The van der Waals surface area contributed by atoms with Crippen molar-refractivity contribution in [2.24, 2.45) is 0 Å². The first-order valence-electron chi connectivity index (χ1n) is 11.5. The minimum Gasteiger partial charge on any atom is -0.321 e. The van der Waals surface area contributed by atoms with Gasteiger partial charge in [-0.2, -0.15) is 0 Å². The fraction of sp³-hybridized carbons (Fsp3) is 0.172. The summed E-state index contributed by atoms with van der Waals surface area (Å²) < 4.78 is 0. The van der Waals surface area contributed by atoms with Crippen LogP contribution in [-0.2, 0) is 6.42 Å². The molecule has 0 saturated carbocycles. The number of amides is 2. The predicted molar refractivity (Wildman–Crippen MR) is 134 cm³/mol. The molecular weight excluding hydrogens is 408 g/mol. The third-order valence-corrected chi connectivity index (χ3v) is 6.24. The summed E-state index contributed by atoms with van der Waals surface area (Å²) in [6, 6.07) is 27.6. The van der Waals surface area contributed by atoms with Crippen molar-refractivity contribution in [2.75, 3.05) is 16.8 Å². The van der Waals surface area contributed by atoms with Crippen LogP contribution in [0.25, 0.3) is 10.8 Å². The highest BCUT2D eigenvalue weighted by Gasteiger charge is 2.30. The molecule has 2 amide bonds. The number of rotatable bonds is 7. The van der Waals surface area contributed by atoms with Crippen LogP contribution in [0.4, 0.5) is 11.4 Å². The molecule has 0 aliphatic carbocycles. The highest BCUT2D eigenvalue weighted by molar-refractivity contribution is 6.27. The molecule has 1 aliphatic rings. The molecule has 0 atom stereocenters. The minimum absolute atomic E-state index is 0.0431. The highest BCUT2D eigenvalue weighted by Crippen LogP contribution is 2.40. The molecule has 1 heterocycles. The van der Waals surface area contributed by atoms with Gasteiger partial charge in [-0.3, -0.25) is 9.59 Å². The van der Waals surface area contributed by atoms with Gasteiger partial charge in [-0.05, 0) is 54.3 Å². The number of carbonyl (C=O) groups excluding carboxylic acids is 2. The molecule has 164 valence electrons. The van der Waals surface area contributed by atoms with Crippen molar-refractivity contribution in [1.82, 2.24) is 0 Å². The Kier molecular flexibility index (Phi) is 5.66. The Hall–Kier alpha value is -3.92. The van der Waals surface area contributed by atoms with Crippen LogP contribution in [-0.4, -0.2) is 18.4 Å². The van der Waals surface area contributed by atoms with E-state index in [-0.39, 0.29) is 11.8 Å². The number of nitrogens with one attached hydrogen (secondary N) is 1. The summed E-state index contributed by atoms with van der Waals surface area (Å²) in [6.07, 6.45) is 2.82. The molecule has 33 heavy (non-hydrogen) atoms. The van der Waals surface area contributed by atoms with E-state index < -0.39 is 0 Å². The Balaban J connectivity index is 1.38. The van der Waals surface area contributed by atoms with E-state index in [9.17, 15) is 9.59 Å². The van der Waals surface area contributed by atoms with E-state index in [1.54, 1.807) is 0 Å². The molecule has 0 spiro atoms. The minimum atomic E-state index is -0.158. The van der Waals surface area contributed by atoms with E-state index in [4.69, 9.17) is 0 Å². The molecule has 0 fully saturated rings. The number of hydrogen-bond acceptors (Lipinski definition) is 2. The van der Waals surface area contributed by atoms with Crippen LogP contribution < -0.4 is 10.2 Å². The zero-order valence-electron chi connectivity index (χ0n) is 18.7. The Morgan fingerprint density at radius 3 is 2.36 bits per heavy atom. The molecule has 1 aliphatic heterocycles. The van der Waals surface area contributed by atoms with Crippen molar-refractivity contribution in [2.45, 2.75) is 26.2 Å². The van der Waals surface area contributed by atoms with Gasteiger partial charge in [0.25, 0.3) is 11.8 Å². The zero-order valence-corrected chi connectivity index (χ0v) is 18.7. The first-order valence-corrected chi connectivity index (χ1v) is 11.5. The number of carbonyl (C=O) groups is 2. The highest BCUT2D eigenvalue weighted by atomic mass is 16.2. The number of unbranched alkanes of at least 4 members (excludes halogenated alkanes) is 1. The average Bonchev–Trinajstić information content (AvgIpc) is 3.12. The first-order chi connectivity index (χ1) is 16.2. The number of benzene rings is 4. The second-order valence-corrected chi connectivity index (χ2v) is 8.48. The zero-order chi connectivity index (χ0) is 22.8. The van der Waals surface area contributed by atoms with Gasteiger partial charge < -0.3 is 10.2 Å². The molecular formula is C29H26N2O2. The summed E-state index contributed by atoms with van der Waals surface area (Å²) in [7, 11) is 0. The quantitative estimate of drug-likeness (QED) is 0.364. The van der Waals surface area contributed by atoms with Gasteiger partial charge in [0.15, 0.2) is 0 Å². The number of anilines is 2. The van der Waals surface area contributed by atoms with Crippen molar-refractivity contribution < 1.29 is 9.59 Å². The molecule has 4 nitrogen and oxygen atoms in total. The predicted octanol–water partition coefficient (Wildman–Crippen LogP) is 6.44. The van der Waals surface area contributed by atoms with Gasteiger partial charge in [0.1, 0.15) is 0 Å². The largest absolute Gasteiger partial charge is 0.321 e. The van der Waals surface area contributed by atoms with Crippen molar-refractivity contribution in [3.8, 4) is 0 Å². The van der Waals surface area contributed by atoms with Crippen LogP contribution in [0.2, 0.25) is 0 Å². The second kappa shape index (κ2) is 8.91. The maximum atomic E-state index is 13.0. The van der Waals surface area contributed by atoms with Crippen LogP contribution in [0.15, 0.2) is 84.9 Å². The lowest BCUT2D eigenvalue weighted by atomic mass is 10.0. The van der Waals surface area contributed by atoms with Gasteiger partial charge in [-0.15, -0.1) is 0 Å². The fourth-order valence-electron chi connectivity index (χ4n) is 4.49. The smallest absolute Gasteiger partial charge is 0.258 e. The van der Waals surface area contributed by atoms with E-state index in [0.29, 0.717) is 17.7 Å². The van der Waals surface area contributed by atoms with E-state index in [1.165, 1.54) is 5.56 Å². The Bertz CT molecular complexity index is 1330. The van der Waals surface area contributed by atoms with Crippen LogP contribution >= 0.6 is 0 Å². The summed E-state index contributed by atoms with van der Waals surface area (Å²) in [5.41, 5.74) is 5.37. The van der Waals surface area contributed by atoms with Gasteiger partial charge in [0.2, 0.25) is 0 Å². The van der Waals surface area contributed by atoms with E-state index in [0.717, 1.165) is 47.0 Å². The third-order valence-electron chi connectivity index (χ3n) is 6.24. The Morgan fingerprint density at radius 1 is 0.848 bits per heavy atom. The van der Waals surface area contributed by atoms with Gasteiger partial charge in [-0.1, -0.05) is 67.9 Å². The van der Waals surface area contributed by atoms with Gasteiger partial charge in [0.05, 0.1) is 5.69 Å². The Labute approximate surface area is 193 Å². The van der Waals surface area contributed by atoms with Crippen molar-refractivity contribution >= 4 is 34.0 Å². The van der Waals surface area contributed by atoms with E-state index in [1.807, 2.05) is 77.7 Å². The SMILES string of the molecule is CCCCN1C(=O)c2cccc3c(NC(=O)c4ccc(Cc5ccccc5)cc4)ccc1c23. The van der Waals surface area contributed by atoms with Crippen molar-refractivity contribution in [1.29, 1.82) is 0 Å². The first kappa shape index (κ1) is 21.0. The average molecular weight is 435 g/mol. The van der Waals surface area contributed by atoms with Crippen LogP contribution in [0.3, 0.4) is 0 Å². The van der Waals surface area contributed by atoms with E-state index in [2.05, 4.69) is 24.4 Å². The van der Waals surface area contributed by atoms with Crippen LogP contribution in [0.5, 0.6) is 0 Å². The van der Waals surface area contributed by atoms with Gasteiger partial charge in [0, 0.05) is 34.1 Å². The number of hydrogen-bond donors (Lipinski definition) is 1. The molecule has 5 rings (SSSR count). The van der Waals surface area contributed by atoms with Crippen molar-refractivity contribution in [3.63, 3.8) is 0 Å². The molecule has 0 saturated heterocycles. The maximum Gasteiger partial charge on any atom is 0.258 e. The molecule has 0 bridgehead atoms. The van der Waals surface area contributed by atoms with Gasteiger partial charge in [-0.25, -0.2) is 0 Å². The third kappa shape index (κ3) is 4.00. The summed E-state index contributed by atoms with van der Waals surface area (Å²) in [4.78, 5) is 27.8. The summed E-state index contributed by atoms with van der Waals surface area (Å²) in [5.74, 6) is -0.115. The number of nitrogens with zero attached hydrogens (tertiary/aromatic N) is 1. The molecule has 0 unspecified atom stereocenters. The van der Waals surface area contributed by atoms with Crippen LogP contribution in [0, 0.1) is 0 Å². The Morgan fingerprint density at radius 2 is 1.61 bits per heavy atom. The summed E-state index contributed by atoms with van der Waals surface area (Å²) >= 11 is 0. The topological polar surface area (TPSA) is 49.4 Å². The molecule has 4 aromatic rings. The maximum absolute atomic E-state index is 13.0. The molecule has 0 aromatic heterocycles. The van der Waals surface area contributed by atoms with E-state index >= 15 is 0 Å². The van der Waals surface area contributed by atoms with Gasteiger partial charge >= 0.3 is 0 Å². The normalized spacial score (nSPS) is 12.4. The van der Waals surface area contributed by atoms with Crippen LogP contribution in [0.1, 0.15) is 51.6 Å². The summed E-state index contributed by atoms with van der Waals surface area (Å²) in [5, 5.41) is 4.88. The lowest BCUT2D eigenvalue weighted by Crippen LogP contribution is -2.27. The molecule has 4 aromatic carbocycles. The fourth-order valence-corrected chi connectivity index (χ4v) is 4.49. The standard InChI is InChI=1S/C29H26N2O2/c1-2-3-18-31-26-17-16-25(23-10-7-11-24(27(23)26)29(31)33)30-28(32)22-14-12-21(13-15-22)19-20-8-5-4-6-9-20/h4-17H,2-3,18-19H2,1H3,(H,30,32). The lowest BCUT2D eigenvalue weighted by Gasteiger charge is -2.17. The molecule has 0 radical (unpaired) electrons. The molecule has 4 heteroatoms. The summed E-state index contributed by atoms with van der Waals surface area (Å²) in [6.45, 7) is 2.83. The lowest BCUT2D eigenvalue weighted by molar-refractivity contribution is 0.0991. The second-order valence-electron chi connectivity index (χ2n) is 8.48. The molecule has 1 N–H and O–H groups in total. The monoisotopic (exact) mass is 434 g/mol. The van der Waals surface area contributed by atoms with Crippen molar-refractivity contribution in [3.05, 3.63) is 107 Å².